The predicted molar refractivity (Wildman–Crippen MR) is 146 cm³/mol. The van der Waals surface area contributed by atoms with Crippen LogP contribution in [0.3, 0.4) is 0 Å². The molecule has 38 heavy (non-hydrogen) atoms. The Morgan fingerprint density at radius 2 is 1.84 bits per heavy atom. The minimum atomic E-state index is -0.114. The number of likely N-dealkylation sites (N-methyl/N-ethyl adjacent to an activating group) is 1. The molecule has 0 unspecified atom stereocenters. The summed E-state index contributed by atoms with van der Waals surface area (Å²) in [7, 11) is 1.62. The van der Waals surface area contributed by atoms with Gasteiger partial charge in [-0.05, 0) is 36.5 Å². The molecular weight excluding hydrogens is 482 g/mol. The van der Waals surface area contributed by atoms with Crippen molar-refractivity contribution in [1.82, 2.24) is 34.8 Å². The van der Waals surface area contributed by atoms with Crippen LogP contribution in [0.5, 0.6) is 0 Å². The van der Waals surface area contributed by atoms with E-state index in [9.17, 15) is 4.79 Å². The lowest BCUT2D eigenvalue weighted by molar-refractivity contribution is -0.115. The topological polar surface area (TPSA) is 137 Å². The summed E-state index contributed by atoms with van der Waals surface area (Å²) in [5.74, 6) is 1.45. The number of rotatable bonds is 9. The molecule has 3 N–H and O–H groups in total. The number of ether oxygens (including phenoxy) is 1. The zero-order valence-electron chi connectivity index (χ0n) is 21.4. The van der Waals surface area contributed by atoms with Gasteiger partial charge in [0.25, 0.3) is 0 Å². The maximum absolute atomic E-state index is 11.4. The molecule has 11 nitrogen and oxygen atoms in total. The van der Waals surface area contributed by atoms with Crippen molar-refractivity contribution in [3.63, 3.8) is 0 Å². The van der Waals surface area contributed by atoms with Gasteiger partial charge in [0, 0.05) is 45.2 Å². The SMILES string of the molecule is CNC(=O)/C=C/c1ccc(CCCCn2cnc3c(N4CCOCC4)nc(-c4cnc(N)nc4)nc32)cc1. The van der Waals surface area contributed by atoms with Crippen molar-refractivity contribution < 1.29 is 9.53 Å². The Balaban J connectivity index is 1.29. The second kappa shape index (κ2) is 11.8. The molecule has 1 saturated heterocycles. The van der Waals surface area contributed by atoms with Gasteiger partial charge in [0.1, 0.15) is 0 Å². The normalized spacial score (nSPS) is 13.9. The third-order valence-electron chi connectivity index (χ3n) is 6.45. The number of benzene rings is 1. The molecule has 0 aliphatic carbocycles. The average molecular weight is 514 g/mol. The van der Waals surface area contributed by atoms with Crippen LogP contribution in [0.4, 0.5) is 11.8 Å². The van der Waals surface area contributed by atoms with Gasteiger partial charge in [-0.15, -0.1) is 0 Å². The van der Waals surface area contributed by atoms with E-state index in [1.807, 2.05) is 24.5 Å². The van der Waals surface area contributed by atoms with E-state index in [1.54, 1.807) is 19.4 Å². The Kier molecular flexibility index (Phi) is 7.84. The molecule has 196 valence electrons. The van der Waals surface area contributed by atoms with Gasteiger partial charge < -0.3 is 25.3 Å². The predicted octanol–water partition coefficient (Wildman–Crippen LogP) is 2.48. The van der Waals surface area contributed by atoms with Crippen molar-refractivity contribution in [3.8, 4) is 11.4 Å². The van der Waals surface area contributed by atoms with Crippen LogP contribution in [0.25, 0.3) is 28.6 Å². The van der Waals surface area contributed by atoms with Crippen molar-refractivity contribution in [2.45, 2.75) is 25.8 Å². The maximum Gasteiger partial charge on any atom is 0.243 e. The molecule has 0 radical (unpaired) electrons. The van der Waals surface area contributed by atoms with E-state index in [2.05, 4.69) is 36.9 Å². The van der Waals surface area contributed by atoms with Gasteiger partial charge in [-0.3, -0.25) is 4.79 Å². The first-order valence-corrected chi connectivity index (χ1v) is 12.7. The highest BCUT2D eigenvalue weighted by Crippen LogP contribution is 2.27. The number of nitrogens with zero attached hydrogens (tertiary/aromatic N) is 7. The fourth-order valence-corrected chi connectivity index (χ4v) is 4.33. The summed E-state index contributed by atoms with van der Waals surface area (Å²) in [5.41, 5.74) is 10.2. The third-order valence-corrected chi connectivity index (χ3v) is 6.45. The number of hydrogen-bond acceptors (Lipinski definition) is 9. The third kappa shape index (κ3) is 5.94. The van der Waals surface area contributed by atoms with Crippen LogP contribution in [0.2, 0.25) is 0 Å². The summed E-state index contributed by atoms with van der Waals surface area (Å²) in [6.45, 7) is 3.59. The zero-order valence-corrected chi connectivity index (χ0v) is 21.4. The first-order chi connectivity index (χ1) is 18.6. The second-order valence-electron chi connectivity index (χ2n) is 9.06. The van der Waals surface area contributed by atoms with E-state index in [-0.39, 0.29) is 11.9 Å². The van der Waals surface area contributed by atoms with Crippen LogP contribution in [0, 0.1) is 0 Å². The molecule has 4 aromatic rings. The number of aryl methyl sites for hydroxylation is 2. The molecular formula is C27H31N9O2. The number of nitrogens with two attached hydrogens (primary N) is 1. The number of amides is 1. The number of carbonyl (C=O) groups excluding carboxylic acids is 1. The number of morpholine rings is 1. The van der Waals surface area contributed by atoms with E-state index in [4.69, 9.17) is 25.4 Å². The highest BCUT2D eigenvalue weighted by molar-refractivity contribution is 5.91. The largest absolute Gasteiger partial charge is 0.378 e. The fraction of sp³-hybridized carbons (Fsp3) is 0.333. The van der Waals surface area contributed by atoms with Crippen LogP contribution in [-0.4, -0.2) is 68.7 Å². The molecule has 11 heteroatoms. The first-order valence-electron chi connectivity index (χ1n) is 12.7. The first kappa shape index (κ1) is 25.3. The van der Waals surface area contributed by atoms with E-state index >= 15 is 0 Å². The molecule has 1 aliphatic rings. The molecule has 1 aliphatic heterocycles. The maximum atomic E-state index is 11.4. The Morgan fingerprint density at radius 3 is 2.58 bits per heavy atom. The van der Waals surface area contributed by atoms with Crippen molar-refractivity contribution in [1.29, 1.82) is 0 Å². The molecule has 1 amide bonds. The lowest BCUT2D eigenvalue weighted by Crippen LogP contribution is -2.37. The molecule has 5 rings (SSSR count). The molecule has 0 bridgehead atoms. The van der Waals surface area contributed by atoms with Gasteiger partial charge in [0.05, 0.1) is 25.1 Å². The average Bonchev–Trinajstić information content (AvgIpc) is 3.38. The van der Waals surface area contributed by atoms with E-state index in [1.165, 1.54) is 11.6 Å². The van der Waals surface area contributed by atoms with E-state index in [0.29, 0.717) is 24.6 Å². The van der Waals surface area contributed by atoms with Crippen LogP contribution >= 0.6 is 0 Å². The Bertz CT molecular complexity index is 1410. The van der Waals surface area contributed by atoms with Gasteiger partial charge in [-0.25, -0.2) is 24.9 Å². The number of carbonyl (C=O) groups is 1. The summed E-state index contributed by atoms with van der Waals surface area (Å²) >= 11 is 0. The van der Waals surface area contributed by atoms with Gasteiger partial charge in [-0.2, -0.15) is 0 Å². The quantitative estimate of drug-likeness (QED) is 0.255. The molecule has 1 aromatic carbocycles. The van der Waals surface area contributed by atoms with Gasteiger partial charge in [0.15, 0.2) is 22.8 Å². The molecule has 1 fully saturated rings. The number of imidazole rings is 1. The monoisotopic (exact) mass is 513 g/mol. The molecule has 4 heterocycles. The van der Waals surface area contributed by atoms with Crippen LogP contribution < -0.4 is 16.0 Å². The molecule has 3 aromatic heterocycles. The Morgan fingerprint density at radius 1 is 1.08 bits per heavy atom. The number of aromatic nitrogens is 6. The lowest BCUT2D eigenvalue weighted by atomic mass is 10.1. The lowest BCUT2D eigenvalue weighted by Gasteiger charge is -2.28. The Labute approximate surface area is 220 Å². The molecule has 0 saturated carbocycles. The van der Waals surface area contributed by atoms with Crippen LogP contribution in [-0.2, 0) is 22.5 Å². The summed E-state index contributed by atoms with van der Waals surface area (Å²) in [6.07, 6.45) is 11.4. The highest BCUT2D eigenvalue weighted by atomic mass is 16.5. The summed E-state index contributed by atoms with van der Waals surface area (Å²) in [5, 5.41) is 2.58. The zero-order chi connectivity index (χ0) is 26.3. The highest BCUT2D eigenvalue weighted by Gasteiger charge is 2.21. The Hall–Kier alpha value is -4.38. The van der Waals surface area contributed by atoms with Crippen molar-refractivity contribution in [2.24, 2.45) is 0 Å². The summed E-state index contributed by atoms with van der Waals surface area (Å²) < 4.78 is 7.63. The van der Waals surface area contributed by atoms with Crippen molar-refractivity contribution >= 4 is 34.9 Å². The standard InChI is InChI=1S/C27H31N9O2/c1-29-22(37)10-9-20-7-5-19(6-8-20)4-2-3-11-36-18-32-23-25(35-12-14-38-15-13-35)33-24(34-26(23)36)21-16-30-27(28)31-17-21/h5-10,16-18H,2-4,11-15H2,1H3,(H,29,37)(H2,28,30,31)/b10-9+. The van der Waals surface area contributed by atoms with Crippen LogP contribution in [0.15, 0.2) is 49.1 Å². The van der Waals surface area contributed by atoms with E-state index in [0.717, 1.165) is 61.4 Å². The number of nitrogens with one attached hydrogen (secondary N) is 1. The number of hydrogen-bond donors (Lipinski definition) is 2. The van der Waals surface area contributed by atoms with Crippen molar-refractivity contribution in [2.75, 3.05) is 44.0 Å². The minimum Gasteiger partial charge on any atom is -0.378 e. The minimum absolute atomic E-state index is 0.114. The van der Waals surface area contributed by atoms with Crippen molar-refractivity contribution in [3.05, 3.63) is 60.2 Å². The van der Waals surface area contributed by atoms with Gasteiger partial charge in [0.2, 0.25) is 11.9 Å². The number of fused-ring (bicyclic) bond motifs is 1. The second-order valence-corrected chi connectivity index (χ2v) is 9.06. The number of nitrogen functional groups attached to an aromatic ring is 1. The molecule has 0 spiro atoms. The van der Waals surface area contributed by atoms with Gasteiger partial charge >= 0.3 is 0 Å². The summed E-state index contributed by atoms with van der Waals surface area (Å²) in [4.78, 5) is 36.2. The smallest absolute Gasteiger partial charge is 0.243 e. The van der Waals surface area contributed by atoms with Crippen LogP contribution in [0.1, 0.15) is 24.0 Å². The van der Waals surface area contributed by atoms with Gasteiger partial charge in [-0.1, -0.05) is 24.3 Å². The van der Waals surface area contributed by atoms with E-state index < -0.39 is 0 Å². The fourth-order valence-electron chi connectivity index (χ4n) is 4.33. The number of unbranched alkanes of at least 4 members (excludes halogenated alkanes) is 1. The molecule has 0 atom stereocenters. The number of anilines is 2. The summed E-state index contributed by atoms with van der Waals surface area (Å²) in [6, 6.07) is 8.28.